The first-order chi connectivity index (χ1) is 9.66. The molecule has 2 aromatic rings. The highest BCUT2D eigenvalue weighted by molar-refractivity contribution is 5.76. The van der Waals surface area contributed by atoms with Crippen molar-refractivity contribution in [2.45, 2.75) is 25.9 Å². The Morgan fingerprint density at radius 1 is 1.40 bits per heavy atom. The fourth-order valence-corrected chi connectivity index (χ4v) is 1.81. The van der Waals surface area contributed by atoms with E-state index in [2.05, 4.69) is 15.5 Å². The van der Waals surface area contributed by atoms with Gasteiger partial charge in [0.25, 0.3) is 0 Å². The average molecular weight is 274 g/mol. The number of carbonyl (C=O) groups is 1. The molecular formula is C14H18N4O2. The summed E-state index contributed by atoms with van der Waals surface area (Å²) in [5.41, 5.74) is 0.969. The zero-order valence-corrected chi connectivity index (χ0v) is 11.4. The fraction of sp³-hybridized carbons (Fsp3) is 0.357. The molecule has 20 heavy (non-hydrogen) atoms. The van der Waals surface area contributed by atoms with Gasteiger partial charge in [-0.05, 0) is 19.1 Å². The number of hydrogen-bond acceptors (Lipinski definition) is 4. The Bertz CT molecular complexity index is 551. The molecule has 1 atom stereocenters. The van der Waals surface area contributed by atoms with Crippen molar-refractivity contribution in [3.05, 3.63) is 42.5 Å². The molecule has 1 amide bonds. The van der Waals surface area contributed by atoms with Crippen LogP contribution >= 0.6 is 0 Å². The molecule has 0 saturated carbocycles. The van der Waals surface area contributed by atoms with Crippen LogP contribution in [-0.4, -0.2) is 38.4 Å². The summed E-state index contributed by atoms with van der Waals surface area (Å²) in [7, 11) is 0. The Morgan fingerprint density at radius 3 is 2.85 bits per heavy atom. The van der Waals surface area contributed by atoms with Crippen molar-refractivity contribution in [1.29, 1.82) is 0 Å². The van der Waals surface area contributed by atoms with E-state index in [4.69, 9.17) is 5.11 Å². The van der Waals surface area contributed by atoms with Crippen molar-refractivity contribution in [1.82, 2.24) is 20.1 Å². The number of carbonyl (C=O) groups excluding carboxylic acids is 1. The van der Waals surface area contributed by atoms with Crippen LogP contribution in [0.3, 0.4) is 0 Å². The van der Waals surface area contributed by atoms with Crippen LogP contribution in [0.1, 0.15) is 19.2 Å². The Balaban J connectivity index is 1.95. The quantitative estimate of drug-likeness (QED) is 0.812. The highest BCUT2D eigenvalue weighted by Crippen LogP contribution is 2.10. The van der Waals surface area contributed by atoms with Crippen LogP contribution in [0.5, 0.6) is 0 Å². The second-order valence-electron chi connectivity index (χ2n) is 4.61. The number of aliphatic hydroxyl groups is 1. The lowest BCUT2D eigenvalue weighted by atomic mass is 10.2. The molecule has 0 fully saturated rings. The molecule has 0 saturated heterocycles. The van der Waals surface area contributed by atoms with Gasteiger partial charge in [-0.15, -0.1) is 10.2 Å². The molecule has 0 aliphatic rings. The van der Waals surface area contributed by atoms with E-state index in [9.17, 15) is 4.79 Å². The molecule has 1 aromatic carbocycles. The van der Waals surface area contributed by atoms with Crippen LogP contribution < -0.4 is 5.32 Å². The van der Waals surface area contributed by atoms with E-state index >= 15 is 0 Å². The van der Waals surface area contributed by atoms with E-state index in [1.165, 1.54) is 0 Å². The van der Waals surface area contributed by atoms with E-state index in [1.54, 1.807) is 13.3 Å². The third kappa shape index (κ3) is 3.89. The monoisotopic (exact) mass is 274 g/mol. The predicted octanol–water partition coefficient (Wildman–Crippen LogP) is 0.697. The first-order valence-electron chi connectivity index (χ1n) is 6.56. The lowest BCUT2D eigenvalue weighted by molar-refractivity contribution is -0.121. The summed E-state index contributed by atoms with van der Waals surface area (Å²) in [6.07, 6.45) is 1.92. The Kier molecular flexibility index (Phi) is 4.84. The summed E-state index contributed by atoms with van der Waals surface area (Å²) in [5.74, 6) is 0.636. The normalized spacial score (nSPS) is 12.1. The molecule has 0 spiro atoms. The highest BCUT2D eigenvalue weighted by atomic mass is 16.3. The molecule has 0 bridgehead atoms. The van der Waals surface area contributed by atoms with E-state index in [-0.39, 0.29) is 12.5 Å². The summed E-state index contributed by atoms with van der Waals surface area (Å²) >= 11 is 0. The lowest BCUT2D eigenvalue weighted by Gasteiger charge is -2.08. The van der Waals surface area contributed by atoms with Crippen LogP contribution in [0, 0.1) is 0 Å². The summed E-state index contributed by atoms with van der Waals surface area (Å²) in [5, 5.41) is 19.7. The maximum Gasteiger partial charge on any atom is 0.220 e. The number of rotatable bonds is 6. The highest BCUT2D eigenvalue weighted by Gasteiger charge is 2.09. The molecule has 1 aromatic heterocycles. The zero-order chi connectivity index (χ0) is 14.4. The zero-order valence-electron chi connectivity index (χ0n) is 11.4. The largest absolute Gasteiger partial charge is 0.392 e. The van der Waals surface area contributed by atoms with Gasteiger partial charge in [0, 0.05) is 25.1 Å². The molecular weight excluding hydrogens is 256 g/mol. The summed E-state index contributed by atoms with van der Waals surface area (Å²) in [4.78, 5) is 11.6. The number of benzene rings is 1. The second kappa shape index (κ2) is 6.81. The number of nitrogens with zero attached hydrogens (tertiary/aromatic N) is 3. The number of nitrogens with one attached hydrogen (secondary N) is 1. The smallest absolute Gasteiger partial charge is 0.220 e. The minimum Gasteiger partial charge on any atom is -0.392 e. The van der Waals surface area contributed by atoms with Gasteiger partial charge in [-0.1, -0.05) is 18.2 Å². The number of para-hydroxylation sites is 1. The van der Waals surface area contributed by atoms with Gasteiger partial charge in [-0.3, -0.25) is 9.36 Å². The van der Waals surface area contributed by atoms with E-state index in [0.717, 1.165) is 11.5 Å². The molecule has 2 rings (SSSR count). The van der Waals surface area contributed by atoms with Gasteiger partial charge in [0.05, 0.1) is 6.10 Å². The third-order valence-corrected chi connectivity index (χ3v) is 2.82. The summed E-state index contributed by atoms with van der Waals surface area (Å²) in [6, 6.07) is 9.74. The number of aromatic nitrogens is 3. The van der Waals surface area contributed by atoms with Gasteiger partial charge in [0.1, 0.15) is 12.2 Å². The van der Waals surface area contributed by atoms with Crippen molar-refractivity contribution in [2.24, 2.45) is 0 Å². The van der Waals surface area contributed by atoms with E-state index < -0.39 is 6.10 Å². The van der Waals surface area contributed by atoms with Crippen LogP contribution in [0.15, 0.2) is 36.7 Å². The molecule has 0 aliphatic carbocycles. The SMILES string of the molecule is CC(O)CNC(=O)CCc1nncn1-c1ccccc1. The van der Waals surface area contributed by atoms with E-state index in [0.29, 0.717) is 12.8 Å². The van der Waals surface area contributed by atoms with Crippen molar-refractivity contribution in [3.63, 3.8) is 0 Å². The Labute approximate surface area is 117 Å². The van der Waals surface area contributed by atoms with Gasteiger partial charge < -0.3 is 10.4 Å². The Morgan fingerprint density at radius 2 is 2.15 bits per heavy atom. The molecule has 1 unspecified atom stereocenters. The molecule has 0 radical (unpaired) electrons. The minimum atomic E-state index is -0.535. The van der Waals surface area contributed by atoms with Gasteiger partial charge in [-0.2, -0.15) is 0 Å². The van der Waals surface area contributed by atoms with Crippen molar-refractivity contribution in [3.8, 4) is 5.69 Å². The number of amides is 1. The topological polar surface area (TPSA) is 80.0 Å². The predicted molar refractivity (Wildman–Crippen MR) is 74.4 cm³/mol. The van der Waals surface area contributed by atoms with Gasteiger partial charge in [-0.25, -0.2) is 0 Å². The lowest BCUT2D eigenvalue weighted by Crippen LogP contribution is -2.30. The van der Waals surface area contributed by atoms with Crippen LogP contribution in [0.4, 0.5) is 0 Å². The van der Waals surface area contributed by atoms with Crippen molar-refractivity contribution < 1.29 is 9.90 Å². The van der Waals surface area contributed by atoms with Crippen molar-refractivity contribution >= 4 is 5.91 Å². The molecule has 6 nitrogen and oxygen atoms in total. The molecule has 1 heterocycles. The van der Waals surface area contributed by atoms with Gasteiger partial charge in [0.2, 0.25) is 5.91 Å². The van der Waals surface area contributed by atoms with Crippen LogP contribution in [0.2, 0.25) is 0 Å². The summed E-state index contributed by atoms with van der Waals surface area (Å²) < 4.78 is 1.86. The third-order valence-electron chi connectivity index (χ3n) is 2.82. The summed E-state index contributed by atoms with van der Waals surface area (Å²) in [6.45, 7) is 1.90. The number of aliphatic hydroxyl groups excluding tert-OH is 1. The van der Waals surface area contributed by atoms with Crippen LogP contribution in [0.25, 0.3) is 5.69 Å². The fourth-order valence-electron chi connectivity index (χ4n) is 1.81. The number of aryl methyl sites for hydroxylation is 1. The maximum atomic E-state index is 11.6. The number of hydrogen-bond donors (Lipinski definition) is 2. The minimum absolute atomic E-state index is 0.103. The van der Waals surface area contributed by atoms with Crippen LogP contribution in [-0.2, 0) is 11.2 Å². The first-order valence-corrected chi connectivity index (χ1v) is 6.56. The average Bonchev–Trinajstić information content (AvgIpc) is 2.92. The standard InChI is InChI=1S/C14H18N4O2/c1-11(19)9-15-14(20)8-7-13-17-16-10-18(13)12-5-3-2-4-6-12/h2-6,10-11,19H,7-9H2,1H3,(H,15,20). The van der Waals surface area contributed by atoms with Gasteiger partial charge >= 0.3 is 0 Å². The Hall–Kier alpha value is -2.21. The molecule has 106 valence electrons. The van der Waals surface area contributed by atoms with Gasteiger partial charge in [0.15, 0.2) is 0 Å². The second-order valence-corrected chi connectivity index (χ2v) is 4.61. The van der Waals surface area contributed by atoms with E-state index in [1.807, 2.05) is 34.9 Å². The van der Waals surface area contributed by atoms with Crippen molar-refractivity contribution in [2.75, 3.05) is 6.54 Å². The molecule has 6 heteroatoms. The maximum absolute atomic E-state index is 11.6. The first kappa shape index (κ1) is 14.2. The molecule has 2 N–H and O–H groups in total. The molecule has 0 aliphatic heterocycles.